The zero-order valence-corrected chi connectivity index (χ0v) is 14.0. The van der Waals surface area contributed by atoms with Crippen LogP contribution in [-0.2, 0) is 4.74 Å². The van der Waals surface area contributed by atoms with E-state index < -0.39 is 18.4 Å². The Hall–Kier alpha value is -3.15. The molecule has 0 aliphatic carbocycles. The molecule has 1 aromatic carbocycles. The second kappa shape index (κ2) is 6.23. The number of hydrogen-bond acceptors (Lipinski definition) is 9. The van der Waals surface area contributed by atoms with E-state index in [9.17, 15) is 10.2 Å². The molecule has 5 rings (SSSR count). The minimum atomic E-state index is -0.753. The van der Waals surface area contributed by atoms with Gasteiger partial charge in [0.05, 0.1) is 19.0 Å². The third kappa shape index (κ3) is 2.60. The highest BCUT2D eigenvalue weighted by atomic mass is 16.7. The van der Waals surface area contributed by atoms with Crippen LogP contribution in [0.2, 0.25) is 0 Å². The van der Waals surface area contributed by atoms with Crippen LogP contribution < -0.4 is 4.84 Å². The third-order valence-electron chi connectivity index (χ3n) is 4.51. The number of ether oxygens (including phenoxy) is 1. The van der Waals surface area contributed by atoms with E-state index in [4.69, 9.17) is 9.57 Å². The van der Waals surface area contributed by atoms with Gasteiger partial charge in [-0.15, -0.1) is 5.10 Å². The fraction of sp³-hybridized carbons (Fsp3) is 0.312. The number of nitrogens with zero attached hydrogens (tertiary/aromatic N) is 7. The number of fused-ring (bicyclic) bond motifs is 2. The summed E-state index contributed by atoms with van der Waals surface area (Å²) in [7, 11) is 0. The number of benzene rings is 1. The van der Waals surface area contributed by atoms with Crippen molar-refractivity contribution in [1.29, 1.82) is 0 Å². The maximum Gasteiger partial charge on any atom is 0.280 e. The van der Waals surface area contributed by atoms with Crippen LogP contribution in [0.3, 0.4) is 0 Å². The largest absolute Gasteiger partial charge is 0.394 e. The van der Waals surface area contributed by atoms with Crippen molar-refractivity contribution in [2.45, 2.75) is 24.9 Å². The quantitative estimate of drug-likeness (QED) is 0.512. The molecule has 0 amide bonds. The summed E-state index contributed by atoms with van der Waals surface area (Å²) in [6.45, 7) is -0.257. The van der Waals surface area contributed by atoms with Crippen molar-refractivity contribution in [2.75, 3.05) is 6.61 Å². The SMILES string of the molecule is OC[C@H]1OC(n2cnc3c(On4nnc5ccccc54)ncnc32)CC1O. The molecule has 0 saturated carbocycles. The van der Waals surface area contributed by atoms with Crippen LogP contribution in [0.25, 0.3) is 22.2 Å². The van der Waals surface area contributed by atoms with E-state index in [-0.39, 0.29) is 12.5 Å². The van der Waals surface area contributed by atoms with Gasteiger partial charge in [-0.2, -0.15) is 4.98 Å². The summed E-state index contributed by atoms with van der Waals surface area (Å²) in [5, 5.41) is 27.2. The fourth-order valence-electron chi connectivity index (χ4n) is 3.16. The normalized spacial score (nSPS) is 22.7. The van der Waals surface area contributed by atoms with Crippen LogP contribution in [0.4, 0.5) is 0 Å². The van der Waals surface area contributed by atoms with Crippen LogP contribution in [0.15, 0.2) is 36.9 Å². The number of imidazole rings is 1. The lowest BCUT2D eigenvalue weighted by molar-refractivity contribution is -0.0432. The lowest BCUT2D eigenvalue weighted by Crippen LogP contribution is -2.24. The lowest BCUT2D eigenvalue weighted by atomic mass is 10.2. The van der Waals surface area contributed by atoms with E-state index in [1.54, 1.807) is 10.9 Å². The Morgan fingerprint density at radius 1 is 1.22 bits per heavy atom. The first-order chi connectivity index (χ1) is 13.2. The van der Waals surface area contributed by atoms with E-state index >= 15 is 0 Å². The molecule has 1 aliphatic heterocycles. The molecule has 1 saturated heterocycles. The summed E-state index contributed by atoms with van der Waals surface area (Å²) in [5.41, 5.74) is 2.29. The number of hydrogen-bond donors (Lipinski definition) is 2. The molecule has 1 fully saturated rings. The van der Waals surface area contributed by atoms with Crippen LogP contribution >= 0.6 is 0 Å². The van der Waals surface area contributed by atoms with E-state index in [1.807, 2.05) is 24.3 Å². The maximum atomic E-state index is 9.96. The molecule has 1 aliphatic rings. The minimum absolute atomic E-state index is 0.214. The number of rotatable bonds is 4. The molecule has 2 N–H and O–H groups in total. The van der Waals surface area contributed by atoms with Gasteiger partial charge in [-0.05, 0) is 17.3 Å². The molecule has 4 aromatic rings. The van der Waals surface area contributed by atoms with E-state index in [2.05, 4.69) is 25.3 Å². The Kier molecular flexibility index (Phi) is 3.70. The van der Waals surface area contributed by atoms with Crippen molar-refractivity contribution in [1.82, 2.24) is 34.7 Å². The molecule has 11 heteroatoms. The first kappa shape index (κ1) is 16.1. The molecule has 3 atom stereocenters. The summed E-state index contributed by atoms with van der Waals surface area (Å²) >= 11 is 0. The van der Waals surface area contributed by atoms with Gasteiger partial charge in [0.15, 0.2) is 11.2 Å². The zero-order chi connectivity index (χ0) is 18.4. The van der Waals surface area contributed by atoms with Crippen molar-refractivity contribution < 1.29 is 19.8 Å². The maximum absolute atomic E-state index is 9.96. The predicted octanol–water partition coefficient (Wildman–Crippen LogP) is 0.0538. The van der Waals surface area contributed by atoms with Gasteiger partial charge >= 0.3 is 0 Å². The summed E-state index contributed by atoms with van der Waals surface area (Å²) in [5.74, 6) is 0.214. The van der Waals surface area contributed by atoms with Gasteiger partial charge in [0.1, 0.15) is 29.7 Å². The second-order valence-corrected chi connectivity index (χ2v) is 6.16. The molecule has 0 bridgehead atoms. The molecular weight excluding hydrogens is 354 g/mol. The Morgan fingerprint density at radius 2 is 2.11 bits per heavy atom. The Bertz CT molecular complexity index is 1110. The highest BCUT2D eigenvalue weighted by Gasteiger charge is 2.35. The number of aliphatic hydroxyl groups excluding tert-OH is 2. The molecule has 2 unspecified atom stereocenters. The van der Waals surface area contributed by atoms with Gasteiger partial charge in [-0.1, -0.05) is 17.0 Å². The van der Waals surface area contributed by atoms with Gasteiger partial charge in [0.2, 0.25) is 0 Å². The van der Waals surface area contributed by atoms with Gasteiger partial charge in [0, 0.05) is 6.42 Å². The molecular formula is C16H15N7O4. The highest BCUT2D eigenvalue weighted by molar-refractivity contribution is 5.77. The Balaban J connectivity index is 1.51. The monoisotopic (exact) mass is 369 g/mol. The third-order valence-corrected chi connectivity index (χ3v) is 4.51. The van der Waals surface area contributed by atoms with Gasteiger partial charge < -0.3 is 19.8 Å². The fourth-order valence-corrected chi connectivity index (χ4v) is 3.16. The first-order valence-electron chi connectivity index (χ1n) is 8.35. The van der Waals surface area contributed by atoms with Gasteiger partial charge in [-0.25, -0.2) is 9.97 Å². The molecule has 11 nitrogen and oxygen atoms in total. The van der Waals surface area contributed by atoms with Gasteiger partial charge in [-0.3, -0.25) is 4.57 Å². The van der Waals surface area contributed by atoms with Crippen LogP contribution in [0, 0.1) is 0 Å². The van der Waals surface area contributed by atoms with Crippen molar-refractivity contribution in [3.05, 3.63) is 36.9 Å². The van der Waals surface area contributed by atoms with Crippen molar-refractivity contribution >= 4 is 22.2 Å². The number of aliphatic hydroxyl groups is 2. The standard InChI is InChI=1S/C16H15N7O4/c24-6-12-11(25)5-13(26-12)22-8-19-14-15(22)17-7-18-16(14)27-23-10-4-2-1-3-9(10)20-21-23/h1-4,7-8,11-13,24-25H,5-6H2/t11?,12-,13?/m1/s1. The predicted molar refractivity (Wildman–Crippen MR) is 90.5 cm³/mol. The summed E-state index contributed by atoms with van der Waals surface area (Å²) in [4.78, 5) is 19.8. The molecule has 0 radical (unpaired) electrons. The molecule has 138 valence electrons. The van der Waals surface area contributed by atoms with E-state index in [1.165, 1.54) is 11.2 Å². The van der Waals surface area contributed by atoms with Crippen LogP contribution in [0.1, 0.15) is 12.6 Å². The van der Waals surface area contributed by atoms with Crippen LogP contribution in [-0.4, -0.2) is 63.7 Å². The molecule has 27 heavy (non-hydrogen) atoms. The second-order valence-electron chi connectivity index (χ2n) is 6.16. The number of aromatic nitrogens is 7. The average molecular weight is 369 g/mol. The summed E-state index contributed by atoms with van der Waals surface area (Å²) < 4.78 is 7.36. The minimum Gasteiger partial charge on any atom is -0.394 e. The average Bonchev–Trinajstić information content (AvgIpc) is 3.39. The number of para-hydroxylation sites is 1. The Labute approximate surface area is 151 Å². The van der Waals surface area contributed by atoms with E-state index in [0.717, 1.165) is 0 Å². The zero-order valence-electron chi connectivity index (χ0n) is 14.0. The van der Waals surface area contributed by atoms with Crippen LogP contribution in [0.5, 0.6) is 5.88 Å². The smallest absolute Gasteiger partial charge is 0.280 e. The summed E-state index contributed by atoms with van der Waals surface area (Å²) in [6, 6.07) is 7.37. The van der Waals surface area contributed by atoms with E-state index in [0.29, 0.717) is 28.6 Å². The molecule has 4 heterocycles. The molecule has 3 aromatic heterocycles. The Morgan fingerprint density at radius 3 is 2.96 bits per heavy atom. The highest BCUT2D eigenvalue weighted by Crippen LogP contribution is 2.32. The summed E-state index contributed by atoms with van der Waals surface area (Å²) in [6.07, 6.45) is 1.34. The van der Waals surface area contributed by atoms with Crippen molar-refractivity contribution in [2.24, 2.45) is 0 Å². The first-order valence-corrected chi connectivity index (χ1v) is 8.35. The van der Waals surface area contributed by atoms with Crippen molar-refractivity contribution in [3.63, 3.8) is 0 Å². The molecule has 0 spiro atoms. The topological polar surface area (TPSA) is 133 Å². The lowest BCUT2D eigenvalue weighted by Gasteiger charge is -2.13. The van der Waals surface area contributed by atoms with Gasteiger partial charge in [0.25, 0.3) is 5.88 Å². The van der Waals surface area contributed by atoms with Crippen molar-refractivity contribution in [3.8, 4) is 5.88 Å².